The SMILES string of the molecule is Cc1cncc(-c2nc(Cl)nc(-n3ccnc3)n2)c1. The molecule has 0 unspecified atom stereocenters. The quantitative estimate of drug-likeness (QED) is 0.714. The van der Waals surface area contributed by atoms with Gasteiger partial charge >= 0.3 is 0 Å². The summed E-state index contributed by atoms with van der Waals surface area (Å²) in [6.07, 6.45) is 8.44. The zero-order valence-corrected chi connectivity index (χ0v) is 10.8. The van der Waals surface area contributed by atoms with Gasteiger partial charge in [0.05, 0.1) is 0 Å². The van der Waals surface area contributed by atoms with Crippen LogP contribution >= 0.6 is 11.6 Å². The summed E-state index contributed by atoms with van der Waals surface area (Å²) in [7, 11) is 0. The van der Waals surface area contributed by atoms with Crippen molar-refractivity contribution in [3.8, 4) is 17.3 Å². The van der Waals surface area contributed by atoms with Crippen LogP contribution in [0.25, 0.3) is 17.3 Å². The van der Waals surface area contributed by atoms with E-state index < -0.39 is 0 Å². The van der Waals surface area contributed by atoms with Crippen LogP contribution < -0.4 is 0 Å². The van der Waals surface area contributed by atoms with E-state index in [-0.39, 0.29) is 5.28 Å². The summed E-state index contributed by atoms with van der Waals surface area (Å²) in [4.78, 5) is 20.6. The molecule has 0 aliphatic carbocycles. The number of aryl methyl sites for hydroxylation is 1. The van der Waals surface area contributed by atoms with Crippen LogP contribution in [-0.2, 0) is 0 Å². The van der Waals surface area contributed by atoms with Crippen molar-refractivity contribution in [1.82, 2.24) is 29.5 Å². The monoisotopic (exact) mass is 272 g/mol. The lowest BCUT2D eigenvalue weighted by molar-refractivity contribution is 0.898. The van der Waals surface area contributed by atoms with Gasteiger partial charge in [-0.1, -0.05) is 0 Å². The fourth-order valence-corrected chi connectivity index (χ4v) is 1.79. The van der Waals surface area contributed by atoms with Crippen LogP contribution in [0.3, 0.4) is 0 Å². The van der Waals surface area contributed by atoms with Gasteiger partial charge in [0.25, 0.3) is 0 Å². The Hall–Kier alpha value is -2.34. The van der Waals surface area contributed by atoms with Crippen molar-refractivity contribution >= 4 is 11.6 Å². The Morgan fingerprint density at radius 3 is 2.74 bits per heavy atom. The van der Waals surface area contributed by atoms with Crippen molar-refractivity contribution in [1.29, 1.82) is 0 Å². The zero-order valence-electron chi connectivity index (χ0n) is 10.0. The number of nitrogens with zero attached hydrogens (tertiary/aromatic N) is 6. The van der Waals surface area contributed by atoms with Gasteiger partial charge in [-0.15, -0.1) is 0 Å². The van der Waals surface area contributed by atoms with Crippen molar-refractivity contribution in [2.75, 3.05) is 0 Å². The zero-order chi connectivity index (χ0) is 13.2. The predicted octanol–water partition coefficient (Wildman–Crippen LogP) is 2.08. The fourth-order valence-electron chi connectivity index (χ4n) is 1.64. The molecular formula is C12H9ClN6. The normalized spacial score (nSPS) is 10.6. The predicted molar refractivity (Wildman–Crippen MR) is 69.9 cm³/mol. The summed E-state index contributed by atoms with van der Waals surface area (Å²) in [5.74, 6) is 0.911. The molecule has 0 aliphatic rings. The van der Waals surface area contributed by atoms with Crippen molar-refractivity contribution in [3.63, 3.8) is 0 Å². The van der Waals surface area contributed by atoms with Crippen molar-refractivity contribution in [2.24, 2.45) is 0 Å². The summed E-state index contributed by atoms with van der Waals surface area (Å²) < 4.78 is 1.67. The van der Waals surface area contributed by atoms with Gasteiger partial charge in [0.1, 0.15) is 6.33 Å². The maximum absolute atomic E-state index is 5.94. The van der Waals surface area contributed by atoms with Crippen LogP contribution in [0.5, 0.6) is 0 Å². The maximum Gasteiger partial charge on any atom is 0.239 e. The molecule has 0 spiro atoms. The molecular weight excluding hydrogens is 264 g/mol. The number of hydrogen-bond donors (Lipinski definition) is 0. The topological polar surface area (TPSA) is 69.4 Å². The maximum atomic E-state index is 5.94. The van der Waals surface area contributed by atoms with Crippen LogP contribution in [0.1, 0.15) is 5.56 Å². The Bertz CT molecular complexity index is 710. The highest BCUT2D eigenvalue weighted by Gasteiger charge is 2.09. The molecule has 0 radical (unpaired) electrons. The number of rotatable bonds is 2. The van der Waals surface area contributed by atoms with E-state index in [0.29, 0.717) is 11.8 Å². The third-order valence-corrected chi connectivity index (χ3v) is 2.63. The lowest BCUT2D eigenvalue weighted by Gasteiger charge is -2.04. The number of halogens is 1. The summed E-state index contributed by atoms with van der Waals surface area (Å²) in [6.45, 7) is 1.95. The Morgan fingerprint density at radius 1 is 1.11 bits per heavy atom. The standard InChI is InChI=1S/C12H9ClN6/c1-8-4-9(6-15-5-8)10-16-11(13)18-12(17-10)19-3-2-14-7-19/h2-7H,1H3. The van der Waals surface area contributed by atoms with Gasteiger partial charge in [-0.25, -0.2) is 4.98 Å². The lowest BCUT2D eigenvalue weighted by atomic mass is 10.2. The van der Waals surface area contributed by atoms with Crippen molar-refractivity contribution < 1.29 is 0 Å². The first-order valence-corrected chi connectivity index (χ1v) is 5.92. The average molecular weight is 273 g/mol. The second-order valence-corrected chi connectivity index (χ2v) is 4.29. The van der Waals surface area contributed by atoms with E-state index in [4.69, 9.17) is 11.6 Å². The Kier molecular flexibility index (Phi) is 2.92. The minimum atomic E-state index is 0.134. The molecule has 0 bridgehead atoms. The molecule has 7 heteroatoms. The highest BCUT2D eigenvalue weighted by molar-refractivity contribution is 6.28. The molecule has 3 aromatic heterocycles. The minimum absolute atomic E-state index is 0.134. The van der Waals surface area contributed by atoms with E-state index >= 15 is 0 Å². The molecule has 19 heavy (non-hydrogen) atoms. The minimum Gasteiger partial charge on any atom is -0.274 e. The molecule has 6 nitrogen and oxygen atoms in total. The van der Waals surface area contributed by atoms with Crippen LogP contribution in [-0.4, -0.2) is 29.5 Å². The van der Waals surface area contributed by atoms with Crippen LogP contribution in [0, 0.1) is 6.92 Å². The molecule has 3 heterocycles. The van der Waals surface area contributed by atoms with Gasteiger partial charge in [0, 0.05) is 30.4 Å². The number of aromatic nitrogens is 6. The van der Waals surface area contributed by atoms with Crippen molar-refractivity contribution in [2.45, 2.75) is 6.92 Å². The first-order valence-electron chi connectivity index (χ1n) is 5.54. The summed E-state index contributed by atoms with van der Waals surface area (Å²) in [6, 6.07) is 1.94. The van der Waals surface area contributed by atoms with Gasteiger partial charge in [0.15, 0.2) is 5.82 Å². The summed E-state index contributed by atoms with van der Waals surface area (Å²) in [5.41, 5.74) is 1.82. The van der Waals surface area contributed by atoms with Gasteiger partial charge in [-0.3, -0.25) is 9.55 Å². The van der Waals surface area contributed by atoms with E-state index in [1.54, 1.807) is 35.7 Å². The molecule has 0 saturated heterocycles. The van der Waals surface area contributed by atoms with Gasteiger partial charge < -0.3 is 0 Å². The second kappa shape index (κ2) is 4.74. The molecule has 0 aliphatic heterocycles. The molecule has 0 N–H and O–H groups in total. The average Bonchev–Trinajstić information content (AvgIpc) is 2.92. The van der Waals surface area contributed by atoms with Gasteiger partial charge in [0.2, 0.25) is 11.2 Å². The fraction of sp³-hybridized carbons (Fsp3) is 0.0833. The summed E-state index contributed by atoms with van der Waals surface area (Å²) >= 11 is 5.94. The molecule has 3 aromatic rings. The van der Waals surface area contributed by atoms with E-state index in [2.05, 4.69) is 24.9 Å². The van der Waals surface area contributed by atoms with Crippen LogP contribution in [0.15, 0.2) is 37.2 Å². The number of pyridine rings is 1. The highest BCUT2D eigenvalue weighted by Crippen LogP contribution is 2.17. The number of imidazole rings is 1. The summed E-state index contributed by atoms with van der Waals surface area (Å²) in [5, 5.41) is 0.134. The van der Waals surface area contributed by atoms with Gasteiger partial charge in [-0.05, 0) is 30.2 Å². The van der Waals surface area contributed by atoms with E-state index in [9.17, 15) is 0 Å². The molecule has 0 amide bonds. The van der Waals surface area contributed by atoms with Gasteiger partial charge in [-0.2, -0.15) is 15.0 Å². The molecule has 94 valence electrons. The molecule has 0 atom stereocenters. The molecule has 3 rings (SSSR count). The molecule has 0 saturated carbocycles. The first kappa shape index (κ1) is 11.7. The smallest absolute Gasteiger partial charge is 0.239 e. The highest BCUT2D eigenvalue weighted by atomic mass is 35.5. The third-order valence-electron chi connectivity index (χ3n) is 2.46. The largest absolute Gasteiger partial charge is 0.274 e. The van der Waals surface area contributed by atoms with E-state index in [1.807, 2.05) is 13.0 Å². The number of hydrogen-bond acceptors (Lipinski definition) is 5. The van der Waals surface area contributed by atoms with Crippen LogP contribution in [0.2, 0.25) is 5.28 Å². The third kappa shape index (κ3) is 2.43. The van der Waals surface area contributed by atoms with Crippen LogP contribution in [0.4, 0.5) is 0 Å². The molecule has 0 aromatic carbocycles. The second-order valence-electron chi connectivity index (χ2n) is 3.95. The Balaban J connectivity index is 2.12. The Labute approximate surface area is 114 Å². The molecule has 0 fully saturated rings. The lowest BCUT2D eigenvalue weighted by Crippen LogP contribution is -2.03. The van der Waals surface area contributed by atoms with E-state index in [0.717, 1.165) is 11.1 Å². The van der Waals surface area contributed by atoms with Crippen molar-refractivity contribution in [3.05, 3.63) is 48.0 Å². The first-order chi connectivity index (χ1) is 9.22. The Morgan fingerprint density at radius 2 is 2.00 bits per heavy atom. The van der Waals surface area contributed by atoms with E-state index in [1.165, 1.54) is 0 Å².